The fourth-order valence-corrected chi connectivity index (χ4v) is 2.94. The lowest BCUT2D eigenvalue weighted by Gasteiger charge is -2.21. The minimum Gasteiger partial charge on any atom is -0.393 e. The van der Waals surface area contributed by atoms with Crippen LogP contribution in [-0.4, -0.2) is 26.8 Å². The fourth-order valence-electron chi connectivity index (χ4n) is 2.94. The molecule has 2 aromatic carbocycles. The Labute approximate surface area is 161 Å². The van der Waals surface area contributed by atoms with Crippen molar-refractivity contribution in [3.63, 3.8) is 0 Å². The maximum Gasteiger partial charge on any atom is 0.292 e. The molecule has 1 aliphatic carbocycles. The second kappa shape index (κ2) is 7.24. The van der Waals surface area contributed by atoms with Gasteiger partial charge < -0.3 is 16.5 Å². The molecule has 0 unspecified atom stereocenters. The van der Waals surface area contributed by atoms with Crippen molar-refractivity contribution in [2.45, 2.75) is 25.3 Å². The maximum absolute atomic E-state index is 11.1. The molecule has 0 spiro atoms. The number of nitrogens with one attached hydrogen (secondary N) is 1. The summed E-state index contributed by atoms with van der Waals surface area (Å²) in [6.45, 7) is 0. The van der Waals surface area contributed by atoms with Crippen molar-refractivity contribution in [3.05, 3.63) is 52.1 Å². The van der Waals surface area contributed by atoms with E-state index < -0.39 is 4.92 Å². The van der Waals surface area contributed by atoms with E-state index in [1.54, 1.807) is 6.07 Å². The number of rotatable bonds is 4. The predicted molar refractivity (Wildman–Crippen MR) is 108 cm³/mol. The van der Waals surface area contributed by atoms with E-state index in [9.17, 15) is 10.1 Å². The van der Waals surface area contributed by atoms with Gasteiger partial charge in [0.2, 0.25) is 0 Å². The first-order chi connectivity index (χ1) is 12.5. The minimum atomic E-state index is -0.503. The van der Waals surface area contributed by atoms with Gasteiger partial charge in [0.1, 0.15) is 17.3 Å². The highest BCUT2D eigenvalue weighted by Crippen LogP contribution is 2.29. The Morgan fingerprint density at radius 2 is 2.04 bits per heavy atom. The molecule has 27 heavy (non-hydrogen) atoms. The molecule has 1 aliphatic rings. The first-order valence-electron chi connectivity index (χ1n) is 8.39. The lowest BCUT2D eigenvalue weighted by molar-refractivity contribution is -0.383. The molecule has 0 bridgehead atoms. The van der Waals surface area contributed by atoms with Crippen molar-refractivity contribution < 1.29 is 4.92 Å². The Balaban J connectivity index is 0.00000210. The summed E-state index contributed by atoms with van der Waals surface area (Å²) in [6, 6.07) is 10.6. The normalized spacial score (nSPS) is 14.6. The van der Waals surface area contributed by atoms with E-state index in [4.69, 9.17) is 11.5 Å². The highest BCUT2D eigenvalue weighted by atomic mass is 35.5. The third kappa shape index (κ3) is 3.56. The summed E-state index contributed by atoms with van der Waals surface area (Å²) >= 11 is 0. The smallest absolute Gasteiger partial charge is 0.292 e. The van der Waals surface area contributed by atoms with Gasteiger partial charge in [-0.05, 0) is 49.6 Å². The zero-order valence-electron chi connectivity index (χ0n) is 14.4. The Kier molecular flexibility index (Phi) is 5.00. The second-order valence-corrected chi connectivity index (χ2v) is 6.45. The van der Waals surface area contributed by atoms with Crippen molar-refractivity contribution in [3.8, 4) is 11.4 Å². The van der Waals surface area contributed by atoms with Gasteiger partial charge in [-0.15, -0.1) is 12.4 Å². The molecule has 1 fully saturated rings. The number of hydrogen-bond donors (Lipinski definition) is 3. The summed E-state index contributed by atoms with van der Waals surface area (Å²) in [4.78, 5) is 22.8. The second-order valence-electron chi connectivity index (χ2n) is 6.45. The fraction of sp³-hybridized carbons (Fsp3) is 0.222. The molecule has 8 nitrogen and oxygen atoms in total. The molecule has 0 saturated heterocycles. The van der Waals surface area contributed by atoms with Gasteiger partial charge in [0.25, 0.3) is 5.69 Å². The summed E-state index contributed by atoms with van der Waals surface area (Å²) in [7, 11) is 0. The molecular weight excluding hydrogens is 368 g/mol. The molecule has 4 rings (SSSR count). The van der Waals surface area contributed by atoms with Crippen molar-refractivity contribution in [2.24, 2.45) is 10.7 Å². The molecule has 9 heteroatoms. The van der Waals surface area contributed by atoms with E-state index in [2.05, 4.69) is 15.0 Å². The Hall–Kier alpha value is -3.13. The number of aliphatic imine (C=N–C) groups is 1. The number of nitro benzene ring substituents is 1. The van der Waals surface area contributed by atoms with Gasteiger partial charge in [0.15, 0.2) is 0 Å². The monoisotopic (exact) mass is 386 g/mol. The number of anilines is 1. The van der Waals surface area contributed by atoms with Crippen LogP contribution in [0.3, 0.4) is 0 Å². The number of fused-ring (bicyclic) bond motifs is 1. The number of halogens is 1. The molecule has 0 radical (unpaired) electrons. The average molecular weight is 387 g/mol. The number of benzene rings is 2. The van der Waals surface area contributed by atoms with Gasteiger partial charge in [0, 0.05) is 17.2 Å². The van der Waals surface area contributed by atoms with E-state index >= 15 is 0 Å². The first kappa shape index (κ1) is 18.7. The van der Waals surface area contributed by atoms with E-state index in [1.165, 1.54) is 18.6 Å². The quantitative estimate of drug-likeness (QED) is 0.207. The highest BCUT2D eigenvalue weighted by Gasteiger charge is 2.17. The number of nitrogens with two attached hydrogens (primary N) is 2. The summed E-state index contributed by atoms with van der Waals surface area (Å²) in [5.41, 5.74) is 14.7. The minimum absolute atomic E-state index is 0. The van der Waals surface area contributed by atoms with Crippen LogP contribution in [-0.2, 0) is 0 Å². The summed E-state index contributed by atoms with van der Waals surface area (Å²) in [5, 5.41) is 11.1. The third-order valence-electron chi connectivity index (χ3n) is 4.67. The van der Waals surface area contributed by atoms with E-state index in [1.807, 2.05) is 18.2 Å². The number of aromatic nitrogens is 2. The van der Waals surface area contributed by atoms with Crippen molar-refractivity contribution in [1.82, 2.24) is 9.97 Å². The number of nitrogens with zero attached hydrogens (tertiary/aromatic N) is 3. The third-order valence-corrected chi connectivity index (χ3v) is 4.67. The number of amidine groups is 1. The van der Waals surface area contributed by atoms with E-state index in [0.29, 0.717) is 23.3 Å². The number of nitro groups is 1. The Morgan fingerprint density at radius 3 is 2.70 bits per heavy atom. The largest absolute Gasteiger partial charge is 0.393 e. The average Bonchev–Trinajstić information content (AvgIpc) is 3.01. The lowest BCUT2D eigenvalue weighted by Crippen LogP contribution is -2.22. The highest BCUT2D eigenvalue weighted by molar-refractivity contribution is 6.00. The van der Waals surface area contributed by atoms with Gasteiger partial charge in [-0.1, -0.05) is 0 Å². The Morgan fingerprint density at radius 1 is 1.26 bits per heavy atom. The molecule has 5 N–H and O–H groups in total. The predicted octanol–water partition coefficient (Wildman–Crippen LogP) is 3.40. The van der Waals surface area contributed by atoms with Gasteiger partial charge in [-0.3, -0.25) is 15.1 Å². The molecule has 0 amide bonds. The van der Waals surface area contributed by atoms with Crippen molar-refractivity contribution in [1.29, 1.82) is 0 Å². The van der Waals surface area contributed by atoms with Crippen LogP contribution in [0.5, 0.6) is 0 Å². The van der Waals surface area contributed by atoms with Crippen molar-refractivity contribution in [2.75, 3.05) is 5.73 Å². The van der Waals surface area contributed by atoms with Crippen LogP contribution in [0, 0.1) is 10.1 Å². The molecule has 3 aromatic rings. The van der Waals surface area contributed by atoms with Crippen LogP contribution in [0.25, 0.3) is 22.4 Å². The molecule has 0 aliphatic heterocycles. The zero-order valence-corrected chi connectivity index (χ0v) is 15.2. The number of hydrogen-bond acceptors (Lipinski definition) is 5. The molecular formula is C18H19ClN6O2. The number of imidazole rings is 1. The van der Waals surface area contributed by atoms with Gasteiger partial charge in [0.05, 0.1) is 22.0 Å². The van der Waals surface area contributed by atoms with Crippen LogP contribution >= 0.6 is 12.4 Å². The van der Waals surface area contributed by atoms with Crippen LogP contribution < -0.4 is 11.5 Å². The van der Waals surface area contributed by atoms with Gasteiger partial charge in [-0.25, -0.2) is 4.98 Å². The van der Waals surface area contributed by atoms with Gasteiger partial charge >= 0.3 is 0 Å². The van der Waals surface area contributed by atoms with Crippen LogP contribution in [0.4, 0.5) is 11.4 Å². The number of H-pyrrole nitrogens is 1. The summed E-state index contributed by atoms with van der Waals surface area (Å²) < 4.78 is 0. The maximum atomic E-state index is 11.1. The zero-order chi connectivity index (χ0) is 18.3. The SMILES string of the molecule is Cl.NC(=NC1CCC1)c1ccc2nc(-c3ccc(N)c([N+](=O)[O-])c3)[nH]c2c1. The van der Waals surface area contributed by atoms with Crippen molar-refractivity contribution >= 4 is 40.7 Å². The standard InChI is InChI=1S/C18H18N6O2.ClH/c19-13-6-4-11(9-16(13)24(25)26)18-22-14-7-5-10(8-15(14)23-18)17(20)21-12-2-1-3-12;/h4-9,12H,1-3,19H2,(H2,20,21)(H,22,23);1H. The van der Waals surface area contributed by atoms with Crippen LogP contribution in [0.2, 0.25) is 0 Å². The number of nitrogen functional groups attached to an aromatic ring is 1. The van der Waals surface area contributed by atoms with E-state index in [0.717, 1.165) is 29.4 Å². The van der Waals surface area contributed by atoms with Crippen LogP contribution in [0.15, 0.2) is 41.4 Å². The number of aromatic amines is 1. The Bertz CT molecular complexity index is 1040. The molecule has 0 atom stereocenters. The molecule has 1 aromatic heterocycles. The first-order valence-corrected chi connectivity index (χ1v) is 8.39. The molecule has 1 saturated carbocycles. The lowest BCUT2D eigenvalue weighted by atomic mass is 9.94. The summed E-state index contributed by atoms with van der Waals surface area (Å²) in [6.07, 6.45) is 3.39. The molecule has 140 valence electrons. The van der Waals surface area contributed by atoms with E-state index in [-0.39, 0.29) is 23.8 Å². The molecule has 1 heterocycles. The summed E-state index contributed by atoms with van der Waals surface area (Å²) in [5.74, 6) is 1.06. The van der Waals surface area contributed by atoms with Crippen LogP contribution in [0.1, 0.15) is 24.8 Å². The topological polar surface area (TPSA) is 136 Å². The van der Waals surface area contributed by atoms with Gasteiger partial charge in [-0.2, -0.15) is 0 Å².